The van der Waals surface area contributed by atoms with Crippen LogP contribution in [0.25, 0.3) is 0 Å². The molecule has 2 aromatic rings. The van der Waals surface area contributed by atoms with Crippen LogP contribution in [0.15, 0.2) is 54.6 Å². The van der Waals surface area contributed by atoms with Gasteiger partial charge in [0.25, 0.3) is 0 Å². The van der Waals surface area contributed by atoms with Crippen LogP contribution in [0.5, 0.6) is 0 Å². The number of benzene rings is 2. The molecule has 2 saturated heterocycles. The second-order valence-corrected chi connectivity index (χ2v) is 8.92. The van der Waals surface area contributed by atoms with Gasteiger partial charge in [-0.3, -0.25) is 14.4 Å². The maximum Gasteiger partial charge on any atom is 0.334 e. The summed E-state index contributed by atoms with van der Waals surface area (Å²) in [6.45, 7) is 1.75. The van der Waals surface area contributed by atoms with Gasteiger partial charge in [0.15, 0.2) is 0 Å². The molecule has 2 fully saturated rings. The number of likely N-dealkylation sites (N-methyl/N-ethyl adjacent to an activating group) is 1. The summed E-state index contributed by atoms with van der Waals surface area (Å²) in [5.74, 6) is -2.52. The number of carboxylic acids is 1. The summed E-state index contributed by atoms with van der Waals surface area (Å²) >= 11 is 0. The number of carboxylic acid groups (broad SMARTS) is 1. The van der Waals surface area contributed by atoms with E-state index in [1.165, 1.54) is 32.0 Å². The Labute approximate surface area is 207 Å². The van der Waals surface area contributed by atoms with E-state index in [-0.39, 0.29) is 25.5 Å². The third kappa shape index (κ3) is 5.01. The van der Waals surface area contributed by atoms with Crippen molar-refractivity contribution < 1.29 is 28.7 Å². The highest BCUT2D eigenvalue weighted by Gasteiger charge is 2.52. The number of piperazine rings is 1. The lowest BCUT2D eigenvalue weighted by molar-refractivity contribution is -0.190. The van der Waals surface area contributed by atoms with Gasteiger partial charge in [-0.1, -0.05) is 42.5 Å². The van der Waals surface area contributed by atoms with Crippen molar-refractivity contribution in [1.29, 1.82) is 0 Å². The summed E-state index contributed by atoms with van der Waals surface area (Å²) in [6.07, 6.45) is -1.48. The summed E-state index contributed by atoms with van der Waals surface area (Å²) in [4.78, 5) is 54.2. The zero-order valence-corrected chi connectivity index (χ0v) is 20.0. The average Bonchev–Trinajstić information content (AvgIpc) is 2.85. The van der Waals surface area contributed by atoms with Gasteiger partial charge in [-0.2, -0.15) is 0 Å². The van der Waals surface area contributed by atoms with Gasteiger partial charge in [0.1, 0.15) is 18.0 Å². The number of halogens is 1. The van der Waals surface area contributed by atoms with E-state index in [2.05, 4.69) is 5.32 Å². The summed E-state index contributed by atoms with van der Waals surface area (Å²) in [6, 6.07) is 12.8. The molecule has 3 atom stereocenters. The first-order valence-corrected chi connectivity index (χ1v) is 11.6. The lowest BCUT2D eigenvalue weighted by Gasteiger charge is -2.55. The Hall–Kier alpha value is -3.99. The normalized spacial score (nSPS) is 21.2. The van der Waals surface area contributed by atoms with Crippen LogP contribution in [0.3, 0.4) is 0 Å². The van der Waals surface area contributed by atoms with Crippen molar-refractivity contribution in [3.63, 3.8) is 0 Å². The topological polar surface area (TPSA) is 114 Å². The third-order valence-electron chi connectivity index (χ3n) is 6.57. The molecule has 11 heteroatoms. The number of amides is 4. The first kappa shape index (κ1) is 25.1. The molecule has 2 N–H and O–H groups in total. The zero-order valence-electron chi connectivity index (χ0n) is 20.0. The van der Waals surface area contributed by atoms with E-state index in [9.17, 15) is 28.7 Å². The number of rotatable bonds is 6. The Balaban J connectivity index is 1.64. The van der Waals surface area contributed by atoms with E-state index in [1.54, 1.807) is 19.2 Å². The second kappa shape index (κ2) is 10.3. The van der Waals surface area contributed by atoms with Gasteiger partial charge < -0.3 is 20.2 Å². The number of hydrogen-bond donors (Lipinski definition) is 2. The van der Waals surface area contributed by atoms with E-state index >= 15 is 0 Å². The average molecular weight is 498 g/mol. The Kier molecular flexibility index (Phi) is 7.20. The number of aliphatic carboxylic acids is 1. The molecule has 2 aromatic carbocycles. The molecule has 0 spiro atoms. The van der Waals surface area contributed by atoms with Crippen LogP contribution in [0.2, 0.25) is 0 Å². The highest BCUT2D eigenvalue weighted by Crippen LogP contribution is 2.32. The molecule has 0 bridgehead atoms. The second-order valence-electron chi connectivity index (χ2n) is 8.92. The summed E-state index contributed by atoms with van der Waals surface area (Å²) in [7, 11) is 1.58. The minimum absolute atomic E-state index is 0.00502. The van der Waals surface area contributed by atoms with E-state index in [1.807, 2.05) is 37.3 Å². The summed E-state index contributed by atoms with van der Waals surface area (Å²) < 4.78 is 13.2. The van der Waals surface area contributed by atoms with Crippen molar-refractivity contribution >= 4 is 23.8 Å². The Bertz CT molecular complexity index is 1150. The number of nitrogens with zero attached hydrogens (tertiary/aromatic N) is 4. The number of hydrogen-bond acceptors (Lipinski definition) is 5. The molecule has 36 heavy (non-hydrogen) atoms. The van der Waals surface area contributed by atoms with Crippen LogP contribution in [0.1, 0.15) is 30.5 Å². The van der Waals surface area contributed by atoms with Gasteiger partial charge in [-0.15, -0.1) is 0 Å². The molecule has 0 aromatic heterocycles. The van der Waals surface area contributed by atoms with Crippen molar-refractivity contribution in [2.75, 3.05) is 20.1 Å². The van der Waals surface area contributed by atoms with Gasteiger partial charge in [-0.05, 0) is 30.2 Å². The molecular weight excluding hydrogens is 469 g/mol. The fourth-order valence-electron chi connectivity index (χ4n) is 4.75. The number of carbonyl (C=O) groups is 4. The number of fused-ring (bicyclic) bond motifs is 1. The summed E-state index contributed by atoms with van der Waals surface area (Å²) in [5, 5.41) is 15.1. The standard InChI is InChI=1S/C25H28FN5O5/c1-16(18-6-4-3-5-7-18)29-14-21-30(20(24(29)35)12-23(33)34)22(32)15-28(2)31(21)25(36)27-13-17-8-10-19(26)11-9-17/h3-11,16,20-21H,12-15H2,1-2H3,(H,27,36)(H,33,34)/t16-,20+,21?/m1/s1. The quantitative estimate of drug-likeness (QED) is 0.629. The Morgan fingerprint density at radius 1 is 1.11 bits per heavy atom. The van der Waals surface area contributed by atoms with Crippen LogP contribution >= 0.6 is 0 Å². The molecule has 2 heterocycles. The van der Waals surface area contributed by atoms with Gasteiger partial charge in [0.2, 0.25) is 11.8 Å². The predicted molar refractivity (Wildman–Crippen MR) is 126 cm³/mol. The smallest absolute Gasteiger partial charge is 0.334 e. The lowest BCUT2D eigenvalue weighted by atomic mass is 9.99. The SMILES string of the molecule is C[C@H](c1ccccc1)N1CC2N(C(=O)CN(C)N2C(=O)NCc2ccc(F)cc2)[C@@H](CC(=O)O)C1=O. The van der Waals surface area contributed by atoms with Crippen LogP contribution in [0.4, 0.5) is 9.18 Å². The van der Waals surface area contributed by atoms with Gasteiger partial charge in [0, 0.05) is 13.6 Å². The first-order chi connectivity index (χ1) is 17.2. The minimum atomic E-state index is -1.25. The van der Waals surface area contributed by atoms with Crippen LogP contribution in [-0.4, -0.2) is 81.1 Å². The number of urea groups is 1. The van der Waals surface area contributed by atoms with Crippen LogP contribution in [0, 0.1) is 5.82 Å². The first-order valence-electron chi connectivity index (χ1n) is 11.6. The van der Waals surface area contributed by atoms with Crippen molar-refractivity contribution in [2.45, 2.75) is 38.1 Å². The molecule has 4 rings (SSSR count). The maximum atomic E-state index is 13.5. The van der Waals surface area contributed by atoms with Gasteiger partial charge in [0.05, 0.1) is 25.6 Å². The minimum Gasteiger partial charge on any atom is -0.481 e. The van der Waals surface area contributed by atoms with E-state index in [4.69, 9.17) is 0 Å². The fraction of sp³-hybridized carbons (Fsp3) is 0.360. The van der Waals surface area contributed by atoms with E-state index < -0.39 is 48.5 Å². The molecule has 1 unspecified atom stereocenters. The van der Waals surface area contributed by atoms with Gasteiger partial charge in [-0.25, -0.2) is 19.2 Å². The van der Waals surface area contributed by atoms with Crippen molar-refractivity contribution in [3.05, 3.63) is 71.5 Å². The molecule has 10 nitrogen and oxygen atoms in total. The fourth-order valence-corrected chi connectivity index (χ4v) is 4.75. The summed E-state index contributed by atoms with van der Waals surface area (Å²) in [5.41, 5.74) is 1.52. The molecule has 4 amide bonds. The van der Waals surface area contributed by atoms with Crippen molar-refractivity contribution in [3.8, 4) is 0 Å². The highest BCUT2D eigenvalue weighted by atomic mass is 19.1. The lowest BCUT2D eigenvalue weighted by Crippen LogP contribution is -2.76. The largest absolute Gasteiger partial charge is 0.481 e. The van der Waals surface area contributed by atoms with Crippen LogP contribution < -0.4 is 5.32 Å². The Morgan fingerprint density at radius 3 is 2.42 bits per heavy atom. The zero-order chi connectivity index (χ0) is 26.0. The number of carbonyl (C=O) groups excluding carboxylic acids is 3. The van der Waals surface area contributed by atoms with Crippen LogP contribution in [-0.2, 0) is 20.9 Å². The monoisotopic (exact) mass is 497 g/mol. The van der Waals surface area contributed by atoms with Crippen molar-refractivity contribution in [1.82, 2.24) is 25.1 Å². The van der Waals surface area contributed by atoms with E-state index in [0.717, 1.165) is 5.56 Å². The number of hydrazine groups is 1. The molecule has 190 valence electrons. The third-order valence-corrected chi connectivity index (χ3v) is 6.57. The maximum absolute atomic E-state index is 13.5. The molecule has 2 aliphatic rings. The highest BCUT2D eigenvalue weighted by molar-refractivity contribution is 5.93. The molecule has 2 aliphatic heterocycles. The predicted octanol–water partition coefficient (Wildman–Crippen LogP) is 1.80. The Morgan fingerprint density at radius 2 is 1.78 bits per heavy atom. The molecule has 0 saturated carbocycles. The van der Waals surface area contributed by atoms with Crippen molar-refractivity contribution in [2.24, 2.45) is 0 Å². The molecule has 0 radical (unpaired) electrons. The van der Waals surface area contributed by atoms with E-state index in [0.29, 0.717) is 5.56 Å². The van der Waals surface area contributed by atoms with Gasteiger partial charge >= 0.3 is 12.0 Å². The number of nitrogens with one attached hydrogen (secondary N) is 1. The molecular formula is C25H28FN5O5. The molecule has 0 aliphatic carbocycles.